The molecule has 0 unspecified atom stereocenters. The van der Waals surface area contributed by atoms with Crippen LogP contribution in [0.15, 0.2) is 47.9 Å². The number of hydrogen-bond acceptors (Lipinski definition) is 4. The van der Waals surface area contributed by atoms with Crippen molar-refractivity contribution in [3.05, 3.63) is 57.8 Å². The molecule has 26 heavy (non-hydrogen) atoms. The number of thiophene rings is 1. The molecule has 1 saturated heterocycles. The zero-order valence-electron chi connectivity index (χ0n) is 14.2. The van der Waals surface area contributed by atoms with Crippen LogP contribution in [0.4, 0.5) is 5.69 Å². The fourth-order valence-corrected chi connectivity index (χ4v) is 3.53. The second-order valence-electron chi connectivity index (χ2n) is 5.98. The Labute approximate surface area is 161 Å². The third-order valence-electron chi connectivity index (χ3n) is 4.13. The molecule has 1 fully saturated rings. The van der Waals surface area contributed by atoms with Gasteiger partial charge in [-0.1, -0.05) is 29.8 Å². The highest BCUT2D eigenvalue weighted by molar-refractivity contribution is 7.10. The van der Waals surface area contributed by atoms with Crippen molar-refractivity contribution < 1.29 is 9.59 Å². The molecule has 5 nitrogen and oxygen atoms in total. The molecule has 0 bridgehead atoms. The van der Waals surface area contributed by atoms with E-state index in [2.05, 4.69) is 5.32 Å². The highest BCUT2D eigenvalue weighted by Crippen LogP contribution is 2.20. The Morgan fingerprint density at radius 2 is 1.88 bits per heavy atom. The van der Waals surface area contributed by atoms with Crippen molar-refractivity contribution in [1.82, 2.24) is 9.80 Å². The molecule has 0 spiro atoms. The van der Waals surface area contributed by atoms with Crippen LogP contribution >= 0.6 is 22.9 Å². The smallest absolute Gasteiger partial charge is 0.246 e. The number of rotatable bonds is 5. The number of carbonyl (C=O) groups excluding carboxylic acids is 2. The molecule has 2 heterocycles. The van der Waals surface area contributed by atoms with Crippen LogP contribution in [0.2, 0.25) is 5.02 Å². The van der Waals surface area contributed by atoms with Crippen LogP contribution < -0.4 is 5.32 Å². The summed E-state index contributed by atoms with van der Waals surface area (Å²) in [7, 11) is 0. The first-order valence-corrected chi connectivity index (χ1v) is 9.65. The largest absolute Gasteiger partial charge is 0.337 e. The maximum absolute atomic E-state index is 12.2. The molecule has 3 rings (SSSR count). The van der Waals surface area contributed by atoms with Crippen molar-refractivity contribution in [2.24, 2.45) is 0 Å². The number of benzene rings is 1. The number of anilines is 1. The highest BCUT2D eigenvalue weighted by Gasteiger charge is 2.21. The van der Waals surface area contributed by atoms with Crippen molar-refractivity contribution in [3.8, 4) is 0 Å². The molecule has 7 heteroatoms. The third-order valence-corrected chi connectivity index (χ3v) is 5.30. The Morgan fingerprint density at radius 3 is 2.58 bits per heavy atom. The molecule has 2 amide bonds. The lowest BCUT2D eigenvalue weighted by Crippen LogP contribution is -2.50. The van der Waals surface area contributed by atoms with Gasteiger partial charge in [-0.3, -0.25) is 14.5 Å². The number of carbonyl (C=O) groups is 2. The van der Waals surface area contributed by atoms with E-state index in [1.165, 1.54) is 0 Å². The Kier molecular flexibility index (Phi) is 6.44. The van der Waals surface area contributed by atoms with Crippen LogP contribution in [0.25, 0.3) is 6.08 Å². The van der Waals surface area contributed by atoms with Gasteiger partial charge in [0.05, 0.1) is 17.3 Å². The Morgan fingerprint density at radius 1 is 1.12 bits per heavy atom. The van der Waals surface area contributed by atoms with E-state index in [0.29, 0.717) is 36.9 Å². The van der Waals surface area contributed by atoms with Gasteiger partial charge in [0.2, 0.25) is 11.8 Å². The van der Waals surface area contributed by atoms with E-state index < -0.39 is 0 Å². The molecule has 1 aromatic carbocycles. The van der Waals surface area contributed by atoms with Gasteiger partial charge in [-0.15, -0.1) is 11.3 Å². The summed E-state index contributed by atoms with van der Waals surface area (Å²) >= 11 is 7.65. The molecule has 1 aromatic heterocycles. The van der Waals surface area contributed by atoms with Crippen molar-refractivity contribution in [3.63, 3.8) is 0 Å². The molecule has 1 N–H and O–H groups in total. The predicted octanol–water partition coefficient (Wildman–Crippen LogP) is 3.20. The summed E-state index contributed by atoms with van der Waals surface area (Å²) in [6, 6.07) is 11.1. The number of piperazine rings is 1. The minimum atomic E-state index is -0.101. The van der Waals surface area contributed by atoms with Crippen LogP contribution in [0.1, 0.15) is 4.88 Å². The van der Waals surface area contributed by atoms with Gasteiger partial charge in [-0.05, 0) is 29.7 Å². The van der Waals surface area contributed by atoms with Gasteiger partial charge in [0, 0.05) is 37.1 Å². The summed E-state index contributed by atoms with van der Waals surface area (Å²) in [5.41, 5.74) is 0.617. The SMILES string of the molecule is O=C(CN1CCN(C(=O)/C=C/c2cccs2)CC1)Nc1ccccc1Cl. The van der Waals surface area contributed by atoms with E-state index in [9.17, 15) is 9.59 Å². The number of halogens is 1. The average Bonchev–Trinajstić information content (AvgIpc) is 3.16. The van der Waals surface area contributed by atoms with Crippen molar-refractivity contribution in [2.45, 2.75) is 0 Å². The summed E-state index contributed by atoms with van der Waals surface area (Å²) < 4.78 is 0. The second kappa shape index (κ2) is 8.98. The standard InChI is InChI=1S/C19H20ClN3O2S/c20-16-5-1-2-6-17(16)21-18(24)14-22-9-11-23(12-10-22)19(25)8-7-15-4-3-13-26-15/h1-8,13H,9-12,14H2,(H,21,24)/b8-7+. The van der Waals surface area contributed by atoms with Gasteiger partial charge in [0.15, 0.2) is 0 Å². The minimum absolute atomic E-state index is 0.0126. The van der Waals surface area contributed by atoms with Crippen LogP contribution in [-0.2, 0) is 9.59 Å². The summed E-state index contributed by atoms with van der Waals surface area (Å²) in [4.78, 5) is 29.3. The zero-order chi connectivity index (χ0) is 18.4. The molecule has 0 radical (unpaired) electrons. The maximum atomic E-state index is 12.2. The molecular formula is C19H20ClN3O2S. The highest BCUT2D eigenvalue weighted by atomic mass is 35.5. The molecule has 1 aliphatic heterocycles. The fraction of sp³-hybridized carbons (Fsp3) is 0.263. The van der Waals surface area contributed by atoms with Crippen molar-refractivity contribution in [1.29, 1.82) is 0 Å². The lowest BCUT2D eigenvalue weighted by Gasteiger charge is -2.33. The summed E-state index contributed by atoms with van der Waals surface area (Å²) in [6.45, 7) is 2.88. The molecule has 1 aliphatic rings. The quantitative estimate of drug-likeness (QED) is 0.799. The Balaban J connectivity index is 1.44. The van der Waals surface area contributed by atoms with E-state index in [4.69, 9.17) is 11.6 Å². The fourth-order valence-electron chi connectivity index (χ4n) is 2.73. The zero-order valence-corrected chi connectivity index (χ0v) is 15.8. The van der Waals surface area contributed by atoms with Gasteiger partial charge < -0.3 is 10.2 Å². The van der Waals surface area contributed by atoms with Gasteiger partial charge >= 0.3 is 0 Å². The molecule has 0 atom stereocenters. The Hall–Kier alpha value is -2.15. The Bertz CT molecular complexity index is 784. The summed E-state index contributed by atoms with van der Waals surface area (Å²) in [6.07, 6.45) is 3.46. The number of nitrogens with zero attached hydrogens (tertiary/aromatic N) is 2. The number of hydrogen-bond donors (Lipinski definition) is 1. The van der Waals surface area contributed by atoms with Gasteiger partial charge in [0.25, 0.3) is 0 Å². The lowest BCUT2D eigenvalue weighted by molar-refractivity contribution is -0.127. The number of amides is 2. The van der Waals surface area contributed by atoms with Crippen molar-refractivity contribution in [2.75, 3.05) is 38.0 Å². The molecule has 136 valence electrons. The van der Waals surface area contributed by atoms with Crippen LogP contribution in [0.3, 0.4) is 0 Å². The number of para-hydroxylation sites is 1. The first kappa shape index (κ1) is 18.6. The second-order valence-corrected chi connectivity index (χ2v) is 7.36. The lowest BCUT2D eigenvalue weighted by atomic mass is 10.2. The molecule has 0 saturated carbocycles. The minimum Gasteiger partial charge on any atom is -0.337 e. The van der Waals surface area contributed by atoms with E-state index in [-0.39, 0.29) is 18.4 Å². The van der Waals surface area contributed by atoms with E-state index >= 15 is 0 Å². The van der Waals surface area contributed by atoms with Crippen LogP contribution in [-0.4, -0.2) is 54.3 Å². The maximum Gasteiger partial charge on any atom is 0.246 e. The monoisotopic (exact) mass is 389 g/mol. The third kappa shape index (κ3) is 5.17. The predicted molar refractivity (Wildman–Crippen MR) is 106 cm³/mol. The first-order valence-electron chi connectivity index (χ1n) is 8.39. The first-order chi connectivity index (χ1) is 12.6. The van der Waals surface area contributed by atoms with Gasteiger partial charge in [-0.25, -0.2) is 0 Å². The summed E-state index contributed by atoms with van der Waals surface area (Å²) in [5.74, 6) is -0.0889. The van der Waals surface area contributed by atoms with Gasteiger partial charge in [-0.2, -0.15) is 0 Å². The molecular weight excluding hydrogens is 370 g/mol. The summed E-state index contributed by atoms with van der Waals surface area (Å²) in [5, 5.41) is 5.33. The van der Waals surface area contributed by atoms with E-state index in [1.54, 1.807) is 29.5 Å². The van der Waals surface area contributed by atoms with Crippen LogP contribution in [0, 0.1) is 0 Å². The van der Waals surface area contributed by atoms with Crippen LogP contribution in [0.5, 0.6) is 0 Å². The molecule has 2 aromatic rings. The topological polar surface area (TPSA) is 52.7 Å². The van der Waals surface area contributed by atoms with Gasteiger partial charge in [0.1, 0.15) is 0 Å². The normalized spacial score (nSPS) is 15.3. The molecule has 0 aliphatic carbocycles. The average molecular weight is 390 g/mol. The van der Waals surface area contributed by atoms with Crippen molar-refractivity contribution >= 4 is 46.5 Å². The van der Waals surface area contributed by atoms with E-state index in [1.807, 2.05) is 45.5 Å². The van der Waals surface area contributed by atoms with E-state index in [0.717, 1.165) is 4.88 Å². The number of nitrogens with one attached hydrogen (secondary N) is 1.